The second-order valence-electron chi connectivity index (χ2n) is 2.27. The molecule has 0 spiro atoms. The smallest absolute Gasteiger partial charge is 0.218 e. The minimum absolute atomic E-state index is 0.445. The van der Waals surface area contributed by atoms with E-state index in [4.69, 9.17) is 10.5 Å². The van der Waals surface area contributed by atoms with Gasteiger partial charge in [-0.2, -0.15) is 0 Å². The first-order chi connectivity index (χ1) is 5.88. The number of rotatable bonds is 4. The van der Waals surface area contributed by atoms with Crippen LogP contribution in [0, 0.1) is 0 Å². The molecule has 0 amide bonds. The Kier molecular flexibility index (Phi) is 3.29. The van der Waals surface area contributed by atoms with E-state index in [9.17, 15) is 0 Å². The molecule has 1 aromatic rings. The molecule has 3 heteroatoms. The van der Waals surface area contributed by atoms with Crippen molar-refractivity contribution in [1.29, 1.82) is 0 Å². The van der Waals surface area contributed by atoms with E-state index in [1.807, 2.05) is 12.1 Å². The molecule has 0 saturated carbocycles. The zero-order valence-electron chi connectivity index (χ0n) is 6.86. The molecule has 0 fully saturated rings. The molecule has 1 aromatic heterocycles. The first kappa shape index (κ1) is 8.74. The van der Waals surface area contributed by atoms with Crippen molar-refractivity contribution in [3.8, 4) is 5.88 Å². The van der Waals surface area contributed by atoms with Gasteiger partial charge in [0.15, 0.2) is 0 Å². The maximum atomic E-state index is 5.48. The van der Waals surface area contributed by atoms with Gasteiger partial charge in [-0.3, -0.25) is 0 Å². The van der Waals surface area contributed by atoms with Gasteiger partial charge in [0.05, 0.1) is 0 Å². The quantitative estimate of drug-likeness (QED) is 0.678. The average Bonchev–Trinajstić information content (AvgIpc) is 2.15. The maximum Gasteiger partial charge on any atom is 0.218 e. The highest BCUT2D eigenvalue weighted by atomic mass is 16.5. The predicted octanol–water partition coefficient (Wildman–Crippen LogP) is 1.11. The summed E-state index contributed by atoms with van der Waals surface area (Å²) >= 11 is 0. The SMILES string of the molecule is C=CCOc1ncccc1CN. The van der Waals surface area contributed by atoms with Crippen LogP contribution in [0.15, 0.2) is 31.0 Å². The molecule has 12 heavy (non-hydrogen) atoms. The van der Waals surface area contributed by atoms with Gasteiger partial charge in [0, 0.05) is 18.3 Å². The van der Waals surface area contributed by atoms with Crippen molar-refractivity contribution in [2.24, 2.45) is 5.73 Å². The molecule has 0 radical (unpaired) electrons. The molecule has 0 aliphatic rings. The van der Waals surface area contributed by atoms with Gasteiger partial charge in [0.1, 0.15) is 6.61 Å². The number of nitrogens with two attached hydrogens (primary N) is 1. The molecular weight excluding hydrogens is 152 g/mol. The van der Waals surface area contributed by atoms with Crippen molar-refractivity contribution in [3.05, 3.63) is 36.5 Å². The third-order valence-corrected chi connectivity index (χ3v) is 1.41. The summed E-state index contributed by atoms with van der Waals surface area (Å²) in [5.74, 6) is 0.597. The molecule has 64 valence electrons. The lowest BCUT2D eigenvalue weighted by atomic mass is 10.3. The lowest BCUT2D eigenvalue weighted by Crippen LogP contribution is -2.03. The van der Waals surface area contributed by atoms with Gasteiger partial charge in [-0.25, -0.2) is 4.98 Å². The number of nitrogens with zero attached hydrogens (tertiary/aromatic N) is 1. The molecule has 2 N–H and O–H groups in total. The van der Waals surface area contributed by atoms with Crippen LogP contribution in [0.4, 0.5) is 0 Å². The van der Waals surface area contributed by atoms with Crippen molar-refractivity contribution < 1.29 is 4.74 Å². The van der Waals surface area contributed by atoms with E-state index >= 15 is 0 Å². The second kappa shape index (κ2) is 4.51. The zero-order chi connectivity index (χ0) is 8.81. The van der Waals surface area contributed by atoms with Gasteiger partial charge in [0.2, 0.25) is 5.88 Å². The van der Waals surface area contributed by atoms with Gasteiger partial charge in [-0.15, -0.1) is 0 Å². The fraction of sp³-hybridized carbons (Fsp3) is 0.222. The third kappa shape index (κ3) is 2.07. The molecule has 0 aliphatic heterocycles. The number of hydrogen-bond donors (Lipinski definition) is 1. The van der Waals surface area contributed by atoms with E-state index in [-0.39, 0.29) is 0 Å². The standard InChI is InChI=1S/C9H12N2O/c1-2-6-12-9-8(7-10)4-3-5-11-9/h2-5H,1,6-7,10H2. The highest BCUT2D eigenvalue weighted by molar-refractivity contribution is 5.25. The molecule has 0 atom stereocenters. The van der Waals surface area contributed by atoms with Crippen molar-refractivity contribution >= 4 is 0 Å². The topological polar surface area (TPSA) is 48.1 Å². The van der Waals surface area contributed by atoms with Crippen LogP contribution in [0.5, 0.6) is 5.88 Å². The summed E-state index contributed by atoms with van der Waals surface area (Å²) in [5.41, 5.74) is 6.39. The van der Waals surface area contributed by atoms with Crippen LogP contribution in [0.1, 0.15) is 5.56 Å². The monoisotopic (exact) mass is 164 g/mol. The van der Waals surface area contributed by atoms with Crippen molar-refractivity contribution in [2.75, 3.05) is 6.61 Å². The Morgan fingerprint density at radius 3 is 3.17 bits per heavy atom. The van der Waals surface area contributed by atoms with E-state index in [1.165, 1.54) is 0 Å². The van der Waals surface area contributed by atoms with E-state index in [0.29, 0.717) is 19.0 Å². The Morgan fingerprint density at radius 1 is 1.67 bits per heavy atom. The van der Waals surface area contributed by atoms with E-state index < -0.39 is 0 Å². The summed E-state index contributed by atoms with van der Waals surface area (Å²) < 4.78 is 5.27. The van der Waals surface area contributed by atoms with Crippen LogP contribution >= 0.6 is 0 Å². The van der Waals surface area contributed by atoms with Gasteiger partial charge < -0.3 is 10.5 Å². The lowest BCUT2D eigenvalue weighted by molar-refractivity contribution is 0.344. The molecular formula is C9H12N2O. The molecule has 0 aliphatic carbocycles. The summed E-state index contributed by atoms with van der Waals surface area (Å²) in [6, 6.07) is 3.73. The predicted molar refractivity (Wildman–Crippen MR) is 47.8 cm³/mol. The van der Waals surface area contributed by atoms with E-state index in [1.54, 1.807) is 12.3 Å². The molecule has 0 saturated heterocycles. The number of ether oxygens (including phenoxy) is 1. The zero-order valence-corrected chi connectivity index (χ0v) is 6.86. The Labute approximate surface area is 71.9 Å². The molecule has 1 rings (SSSR count). The van der Waals surface area contributed by atoms with E-state index in [0.717, 1.165) is 5.56 Å². The minimum atomic E-state index is 0.445. The maximum absolute atomic E-state index is 5.48. The number of aromatic nitrogens is 1. The Bertz CT molecular complexity index is 260. The highest BCUT2D eigenvalue weighted by Crippen LogP contribution is 2.12. The van der Waals surface area contributed by atoms with Crippen molar-refractivity contribution in [2.45, 2.75) is 6.54 Å². The van der Waals surface area contributed by atoms with Gasteiger partial charge in [-0.1, -0.05) is 18.7 Å². The van der Waals surface area contributed by atoms with Crippen LogP contribution < -0.4 is 10.5 Å². The minimum Gasteiger partial charge on any atom is -0.473 e. The number of pyridine rings is 1. The Hall–Kier alpha value is -1.35. The third-order valence-electron chi connectivity index (χ3n) is 1.41. The summed E-state index contributed by atoms with van der Waals surface area (Å²) in [6.07, 6.45) is 3.35. The Balaban J connectivity index is 2.74. The molecule has 3 nitrogen and oxygen atoms in total. The number of hydrogen-bond acceptors (Lipinski definition) is 3. The largest absolute Gasteiger partial charge is 0.473 e. The molecule has 1 heterocycles. The van der Waals surface area contributed by atoms with Crippen molar-refractivity contribution in [1.82, 2.24) is 4.98 Å². The molecule has 0 aromatic carbocycles. The summed E-state index contributed by atoms with van der Waals surface area (Å²) in [6.45, 7) is 4.45. The Morgan fingerprint density at radius 2 is 2.50 bits per heavy atom. The van der Waals surface area contributed by atoms with Gasteiger partial charge >= 0.3 is 0 Å². The first-order valence-corrected chi connectivity index (χ1v) is 3.76. The van der Waals surface area contributed by atoms with Crippen LogP contribution in [0.25, 0.3) is 0 Å². The van der Waals surface area contributed by atoms with Gasteiger partial charge in [-0.05, 0) is 6.07 Å². The fourth-order valence-corrected chi connectivity index (χ4v) is 0.847. The highest BCUT2D eigenvalue weighted by Gasteiger charge is 1.99. The summed E-state index contributed by atoms with van der Waals surface area (Å²) in [5, 5.41) is 0. The normalized spacial score (nSPS) is 9.42. The molecule has 0 unspecified atom stereocenters. The van der Waals surface area contributed by atoms with Gasteiger partial charge in [0.25, 0.3) is 0 Å². The molecule has 0 bridgehead atoms. The van der Waals surface area contributed by atoms with E-state index in [2.05, 4.69) is 11.6 Å². The van der Waals surface area contributed by atoms with Crippen molar-refractivity contribution in [3.63, 3.8) is 0 Å². The lowest BCUT2D eigenvalue weighted by Gasteiger charge is -2.05. The van der Waals surface area contributed by atoms with Crippen LogP contribution in [0.3, 0.4) is 0 Å². The van der Waals surface area contributed by atoms with Crippen LogP contribution in [-0.2, 0) is 6.54 Å². The summed E-state index contributed by atoms with van der Waals surface area (Å²) in [4.78, 5) is 4.04. The van der Waals surface area contributed by atoms with Crippen LogP contribution in [0.2, 0.25) is 0 Å². The first-order valence-electron chi connectivity index (χ1n) is 3.76. The van der Waals surface area contributed by atoms with Crippen LogP contribution in [-0.4, -0.2) is 11.6 Å². The average molecular weight is 164 g/mol. The fourth-order valence-electron chi connectivity index (χ4n) is 0.847. The second-order valence-corrected chi connectivity index (χ2v) is 2.27. The summed E-state index contributed by atoms with van der Waals surface area (Å²) in [7, 11) is 0.